The number of likely N-dealkylation sites (N-methyl/N-ethyl adjacent to an activating group) is 1. The number of allylic oxidation sites excluding steroid dienone is 4. The van der Waals surface area contributed by atoms with Gasteiger partial charge in [-0.1, -0.05) is 263 Å². The van der Waals surface area contributed by atoms with E-state index in [9.17, 15) is 19.4 Å². The van der Waals surface area contributed by atoms with Crippen molar-refractivity contribution in [2.45, 2.75) is 302 Å². The summed E-state index contributed by atoms with van der Waals surface area (Å²) in [6.07, 6.45) is 62.0. The van der Waals surface area contributed by atoms with E-state index in [2.05, 4.69) is 43.5 Å². The lowest BCUT2D eigenvalue weighted by molar-refractivity contribution is -0.870. The molecular weight excluding hydrogens is 852 g/mol. The Morgan fingerprint density at radius 3 is 1.24 bits per heavy atom. The number of nitrogens with zero attached hydrogens (tertiary/aromatic N) is 1. The number of nitrogens with one attached hydrogen (secondary N) is 1. The zero-order valence-electron chi connectivity index (χ0n) is 45.4. The molecule has 0 aliphatic heterocycles. The number of amides is 1. The minimum atomic E-state index is -4.57. The van der Waals surface area contributed by atoms with Gasteiger partial charge in [0.2, 0.25) is 5.91 Å². The van der Waals surface area contributed by atoms with Crippen LogP contribution in [0.2, 0.25) is 0 Å². The van der Waals surface area contributed by atoms with E-state index in [4.69, 9.17) is 9.05 Å². The molecule has 0 aromatic carbocycles. The van der Waals surface area contributed by atoms with Crippen LogP contribution >= 0.6 is 7.82 Å². The Morgan fingerprint density at radius 1 is 0.522 bits per heavy atom. The molecule has 0 aromatic rings. The zero-order chi connectivity index (χ0) is 49.2. The SMILES string of the molecule is CCCCCCC/C=C\C/C=C\CCCCCCCCCCCC(=O)NC(COP(=O)([O-])OCC[N+](C)(C)C)C(O)CCCCCCCCCCCCCCCCCCCCCCCCCC. The summed E-state index contributed by atoms with van der Waals surface area (Å²) >= 11 is 0. The Balaban J connectivity index is 4.16. The van der Waals surface area contributed by atoms with E-state index in [0.717, 1.165) is 44.9 Å². The van der Waals surface area contributed by atoms with Crippen molar-refractivity contribution in [2.24, 2.45) is 0 Å². The van der Waals surface area contributed by atoms with E-state index in [1.807, 2.05) is 21.1 Å². The second-order valence-electron chi connectivity index (χ2n) is 21.4. The number of quaternary nitrogens is 1. The lowest BCUT2D eigenvalue weighted by atomic mass is 10.0. The molecule has 9 heteroatoms. The van der Waals surface area contributed by atoms with Gasteiger partial charge in [0.05, 0.1) is 39.9 Å². The van der Waals surface area contributed by atoms with Crippen LogP contribution in [0.15, 0.2) is 24.3 Å². The fraction of sp³-hybridized carbons (Fsp3) is 0.914. The Bertz CT molecular complexity index is 1140. The number of unbranched alkanes of at least 4 members (excludes halogenated alkanes) is 37. The molecule has 8 nitrogen and oxygen atoms in total. The first-order valence-electron chi connectivity index (χ1n) is 29.2. The second kappa shape index (κ2) is 49.9. The number of phosphoric acid groups is 1. The van der Waals surface area contributed by atoms with E-state index in [1.54, 1.807) is 0 Å². The molecule has 3 atom stereocenters. The van der Waals surface area contributed by atoms with Crippen molar-refractivity contribution in [3.63, 3.8) is 0 Å². The molecule has 0 aromatic heterocycles. The van der Waals surface area contributed by atoms with Crippen molar-refractivity contribution in [3.8, 4) is 0 Å². The van der Waals surface area contributed by atoms with Crippen LogP contribution in [0.1, 0.15) is 290 Å². The van der Waals surface area contributed by atoms with Gasteiger partial charge in [-0.25, -0.2) is 0 Å². The topological polar surface area (TPSA) is 108 Å². The van der Waals surface area contributed by atoms with Gasteiger partial charge in [0.1, 0.15) is 13.2 Å². The Labute approximate surface area is 417 Å². The number of phosphoric ester groups is 1. The van der Waals surface area contributed by atoms with Crippen LogP contribution in [0.5, 0.6) is 0 Å². The molecular formula is C58H115N2O6P. The summed E-state index contributed by atoms with van der Waals surface area (Å²) in [5.74, 6) is -0.165. The highest BCUT2D eigenvalue weighted by atomic mass is 31.2. The molecule has 2 N–H and O–H groups in total. The maximum absolute atomic E-state index is 13.0. The van der Waals surface area contributed by atoms with Gasteiger partial charge in [-0.15, -0.1) is 0 Å². The maximum Gasteiger partial charge on any atom is 0.268 e. The smallest absolute Gasteiger partial charge is 0.268 e. The molecule has 0 fully saturated rings. The highest BCUT2D eigenvalue weighted by molar-refractivity contribution is 7.45. The third-order valence-corrected chi connectivity index (χ3v) is 14.4. The van der Waals surface area contributed by atoms with Gasteiger partial charge >= 0.3 is 0 Å². The van der Waals surface area contributed by atoms with E-state index < -0.39 is 20.0 Å². The molecule has 0 rings (SSSR count). The molecule has 67 heavy (non-hydrogen) atoms. The normalized spacial score (nSPS) is 14.1. The van der Waals surface area contributed by atoms with E-state index in [0.29, 0.717) is 23.9 Å². The summed E-state index contributed by atoms with van der Waals surface area (Å²) in [6, 6.07) is -0.802. The average molecular weight is 968 g/mol. The highest BCUT2D eigenvalue weighted by Gasteiger charge is 2.24. The average Bonchev–Trinajstić information content (AvgIpc) is 3.29. The molecule has 0 heterocycles. The molecule has 0 saturated heterocycles. The third-order valence-electron chi connectivity index (χ3n) is 13.4. The largest absolute Gasteiger partial charge is 0.756 e. The standard InChI is InChI=1S/C58H115N2O6P/c1-6-8-10-12-14-16-18-20-22-24-26-28-29-30-32-33-35-37-39-41-43-45-47-49-51-57(61)56(55-66-67(63,64)65-54-53-60(3,4)5)59-58(62)52-50-48-46-44-42-40-38-36-34-31-27-25-23-21-19-17-15-13-11-9-7-2/h19,21,25,27,56-57,61H,6-18,20,22-24,26,28-55H2,1-5H3,(H-,59,62,63,64)/b21-19-,27-25-. The summed E-state index contributed by atoms with van der Waals surface area (Å²) in [4.78, 5) is 25.5. The first-order chi connectivity index (χ1) is 32.5. The van der Waals surface area contributed by atoms with Gasteiger partial charge in [-0.05, 0) is 44.9 Å². The predicted molar refractivity (Wildman–Crippen MR) is 289 cm³/mol. The number of rotatable bonds is 54. The molecule has 0 aliphatic carbocycles. The van der Waals surface area contributed by atoms with Gasteiger partial charge < -0.3 is 28.8 Å². The van der Waals surface area contributed by atoms with Crippen molar-refractivity contribution < 1.29 is 32.9 Å². The van der Waals surface area contributed by atoms with E-state index in [-0.39, 0.29) is 19.1 Å². The number of aliphatic hydroxyl groups excluding tert-OH is 1. The summed E-state index contributed by atoms with van der Waals surface area (Å²) < 4.78 is 23.4. The van der Waals surface area contributed by atoms with Crippen LogP contribution in [0, 0.1) is 0 Å². The highest BCUT2D eigenvalue weighted by Crippen LogP contribution is 2.38. The quantitative estimate of drug-likeness (QED) is 0.0272. The molecule has 398 valence electrons. The fourth-order valence-corrected chi connectivity index (χ4v) is 9.56. The number of carbonyl (C=O) groups excluding carboxylic acids is 1. The predicted octanol–water partition coefficient (Wildman–Crippen LogP) is 17.0. The van der Waals surface area contributed by atoms with Crippen LogP contribution < -0.4 is 10.2 Å². The molecule has 0 bridgehead atoms. The van der Waals surface area contributed by atoms with Crippen molar-refractivity contribution >= 4 is 13.7 Å². The van der Waals surface area contributed by atoms with Crippen molar-refractivity contribution in [1.29, 1.82) is 0 Å². The monoisotopic (exact) mass is 967 g/mol. The summed E-state index contributed by atoms with van der Waals surface area (Å²) in [5.41, 5.74) is 0. The maximum atomic E-state index is 13.0. The van der Waals surface area contributed by atoms with Gasteiger partial charge in [0, 0.05) is 6.42 Å². The Kier molecular flexibility index (Phi) is 49.2. The minimum Gasteiger partial charge on any atom is -0.756 e. The first-order valence-corrected chi connectivity index (χ1v) is 30.6. The van der Waals surface area contributed by atoms with Crippen molar-refractivity contribution in [1.82, 2.24) is 5.32 Å². The van der Waals surface area contributed by atoms with Crippen LogP contribution in [-0.2, 0) is 18.4 Å². The van der Waals surface area contributed by atoms with Crippen LogP contribution in [-0.4, -0.2) is 68.5 Å². The molecule has 0 radical (unpaired) electrons. The molecule has 3 unspecified atom stereocenters. The molecule has 1 amide bonds. The molecule has 0 aliphatic rings. The van der Waals surface area contributed by atoms with Gasteiger partial charge in [-0.3, -0.25) is 9.36 Å². The van der Waals surface area contributed by atoms with Crippen molar-refractivity contribution in [3.05, 3.63) is 24.3 Å². The number of carbonyl (C=O) groups is 1. The van der Waals surface area contributed by atoms with E-state index >= 15 is 0 Å². The number of hydrogen-bond acceptors (Lipinski definition) is 6. The van der Waals surface area contributed by atoms with Crippen molar-refractivity contribution in [2.75, 3.05) is 40.9 Å². The Hall–Kier alpha value is -1.02. The van der Waals surface area contributed by atoms with Crippen LogP contribution in [0.3, 0.4) is 0 Å². The summed E-state index contributed by atoms with van der Waals surface area (Å²) in [5, 5.41) is 14.0. The van der Waals surface area contributed by atoms with Crippen LogP contribution in [0.4, 0.5) is 0 Å². The lowest BCUT2D eigenvalue weighted by Crippen LogP contribution is -2.46. The summed E-state index contributed by atoms with van der Waals surface area (Å²) in [7, 11) is 1.31. The molecule has 0 saturated carbocycles. The van der Waals surface area contributed by atoms with Gasteiger partial charge in [0.25, 0.3) is 7.82 Å². The fourth-order valence-electron chi connectivity index (χ4n) is 8.84. The minimum absolute atomic E-state index is 0.0125. The summed E-state index contributed by atoms with van der Waals surface area (Å²) in [6.45, 7) is 4.75. The zero-order valence-corrected chi connectivity index (χ0v) is 46.3. The Morgan fingerprint density at radius 2 is 0.866 bits per heavy atom. The number of hydrogen-bond donors (Lipinski definition) is 2. The first kappa shape index (κ1) is 66.0. The van der Waals surface area contributed by atoms with Gasteiger partial charge in [0.15, 0.2) is 0 Å². The second-order valence-corrected chi connectivity index (χ2v) is 22.8. The molecule has 0 spiro atoms. The van der Waals surface area contributed by atoms with Gasteiger partial charge in [-0.2, -0.15) is 0 Å². The van der Waals surface area contributed by atoms with E-state index in [1.165, 1.54) is 218 Å². The van der Waals surface area contributed by atoms with Crippen LogP contribution in [0.25, 0.3) is 0 Å². The number of aliphatic hydroxyl groups is 1. The third kappa shape index (κ3) is 52.6. The lowest BCUT2D eigenvalue weighted by Gasteiger charge is -2.30.